The Labute approximate surface area is 806 Å². The summed E-state index contributed by atoms with van der Waals surface area (Å²) in [5, 5.41) is 61.6. The first kappa shape index (κ1) is 97.0. The van der Waals surface area contributed by atoms with Crippen LogP contribution in [0.3, 0.4) is 0 Å². The summed E-state index contributed by atoms with van der Waals surface area (Å²) in [6, 6.07) is 21.3. The highest BCUT2D eigenvalue weighted by Gasteiger charge is 2.32. The Kier molecular flexibility index (Phi) is 32.6. The van der Waals surface area contributed by atoms with E-state index in [2.05, 4.69) is 109 Å². The van der Waals surface area contributed by atoms with E-state index in [1.165, 1.54) is 0 Å². The molecule has 139 heavy (non-hydrogen) atoms. The van der Waals surface area contributed by atoms with Gasteiger partial charge in [0.2, 0.25) is 0 Å². The molecule has 730 valence electrons. The van der Waals surface area contributed by atoms with Crippen LogP contribution in [-0.4, -0.2) is 271 Å². The molecule has 12 aromatic rings. The van der Waals surface area contributed by atoms with Gasteiger partial charge in [0, 0.05) is 192 Å². The van der Waals surface area contributed by atoms with Crippen LogP contribution in [0, 0.1) is 0 Å². The zero-order chi connectivity index (χ0) is 96.0. The molecule has 0 radical (unpaired) electrons. The molecule has 12 aromatic heterocycles. The number of nitrogens with zero attached hydrogens (tertiary/aromatic N) is 20. The van der Waals surface area contributed by atoms with Crippen LogP contribution in [0.1, 0.15) is 204 Å². The maximum atomic E-state index is 13.1. The summed E-state index contributed by atoms with van der Waals surface area (Å²) in [5.41, 5.74) is 8.58. The maximum Gasteiger partial charge on any atom is 0.274 e. The van der Waals surface area contributed by atoms with Crippen LogP contribution in [0.5, 0.6) is 0 Å². The molecule has 4 fully saturated rings. The average molecular weight is 1960 g/mol. The lowest BCUT2D eigenvalue weighted by molar-refractivity contribution is 0.0659. The maximum absolute atomic E-state index is 13.1. The van der Waals surface area contributed by atoms with Gasteiger partial charge in [-0.2, -0.15) is 52.6 Å². The van der Waals surface area contributed by atoms with Crippen molar-refractivity contribution in [2.75, 3.05) is 135 Å². The van der Waals surface area contributed by atoms with E-state index in [4.69, 9.17) is 14.2 Å². The second kappa shape index (κ2) is 46.7. The molecule has 20 rings (SSSR count). The number of hydrogen-bond donors (Lipinski definition) is 9. The fourth-order valence-electron chi connectivity index (χ4n) is 17.0. The first-order valence-corrected chi connectivity index (χ1v) is 51.6. The first-order chi connectivity index (χ1) is 67.8. The van der Waals surface area contributed by atoms with E-state index in [9.17, 15) is 51.0 Å². The monoisotopic (exact) mass is 1950 g/mol. The zero-order valence-corrected chi connectivity index (χ0v) is 79.2. The number of sulfone groups is 1. The van der Waals surface area contributed by atoms with Crippen LogP contribution in [0.25, 0.3) is 45.0 Å². The normalized spacial score (nSPS) is 19.1. The van der Waals surface area contributed by atoms with Crippen LogP contribution < -0.4 is 47.9 Å². The number of carbonyl (C=O) groups excluding carboxylic acids is 8. The number of fused-ring (bicyclic) bond motifs is 24. The first-order valence-electron chi connectivity index (χ1n) is 47.1. The van der Waals surface area contributed by atoms with Crippen LogP contribution >= 0.6 is 11.8 Å². The third kappa shape index (κ3) is 25.8. The highest BCUT2D eigenvalue weighted by molar-refractivity contribution is 7.99. The number of rotatable bonds is 4. The van der Waals surface area contributed by atoms with Crippen LogP contribution in [0.4, 0.5) is 22.7 Å². The Morgan fingerprint density at radius 3 is 1.05 bits per heavy atom. The molecule has 0 aromatic carbocycles. The topological polar surface area (TPSA) is 518 Å². The second-order valence-electron chi connectivity index (χ2n) is 34.5. The summed E-state index contributed by atoms with van der Waals surface area (Å²) in [7, 11) is -4.45. The predicted octanol–water partition coefficient (Wildman–Crippen LogP) is 8.16. The quantitative estimate of drug-likeness (QED) is 0.0802. The number of amides is 8. The number of ether oxygens (including phenoxy) is 3. The lowest BCUT2D eigenvalue weighted by Gasteiger charge is -2.22. The molecule has 9 N–H and O–H groups in total. The molecule has 16 bridgehead atoms. The predicted molar refractivity (Wildman–Crippen MR) is 516 cm³/mol. The molecule has 1 unspecified atom stereocenters. The molecule has 8 amide bonds. The number of nitrogens with one attached hydrogen (secondary N) is 9. The van der Waals surface area contributed by atoms with Crippen molar-refractivity contribution in [3.05, 3.63) is 193 Å². The van der Waals surface area contributed by atoms with Gasteiger partial charge in [0.15, 0.2) is 32.6 Å². The van der Waals surface area contributed by atoms with Gasteiger partial charge in [-0.05, 0) is 151 Å². The highest BCUT2D eigenvalue weighted by Crippen LogP contribution is 2.32. The Morgan fingerprint density at radius 1 is 0.324 bits per heavy atom. The zero-order valence-electron chi connectivity index (χ0n) is 76.7. The van der Waals surface area contributed by atoms with Crippen LogP contribution in [0.2, 0.25) is 0 Å². The summed E-state index contributed by atoms with van der Waals surface area (Å²) in [5.74, 6) is -0.856. The van der Waals surface area contributed by atoms with Gasteiger partial charge < -0.3 is 62.1 Å². The molecule has 20 heterocycles. The van der Waals surface area contributed by atoms with E-state index >= 15 is 0 Å². The average Bonchev–Trinajstić information content (AvgIpc) is 1.72. The van der Waals surface area contributed by atoms with Crippen molar-refractivity contribution in [1.29, 1.82) is 0 Å². The van der Waals surface area contributed by atoms with E-state index in [1.54, 1.807) is 146 Å². The number of piperidine rings is 1. The molecular weight excluding hydrogens is 1840 g/mol. The lowest BCUT2D eigenvalue weighted by atomic mass is 10.1. The lowest BCUT2D eigenvalue weighted by Crippen LogP contribution is -2.31. The van der Waals surface area contributed by atoms with E-state index in [0.29, 0.717) is 136 Å². The molecule has 0 aliphatic carbocycles. The molecule has 46 heteroatoms. The molecular formula is C93H111N29O14S3. The molecule has 43 nitrogen and oxygen atoms in total. The number of anilines is 4. The molecule has 0 saturated carbocycles. The number of aromatic nitrogens is 20. The van der Waals surface area contributed by atoms with E-state index in [1.807, 2.05) is 50.8 Å². The Bertz CT molecular complexity index is 6300. The van der Waals surface area contributed by atoms with Crippen molar-refractivity contribution in [1.82, 2.24) is 125 Å². The minimum absolute atomic E-state index is 0.0192. The number of carbonyl (C=O) groups is 8. The highest BCUT2D eigenvalue weighted by atomic mass is 32.2. The SMILES string of the molecule is O=C1Nc2cn(C3CCNCC3)nc2C(=O)NCCCCCCn2cc(cn2)-c2cccc1n2.O=C1Nc2cn(C3CCOCC3)nc2C(=O)NCCS(=O)(=O)CCCn2cc(cn2)-c2cccc1n2.O=C1Nc2cn(C3CCOCC3)nc2C(=O)NCCS(=O)CCCn2cc(cn2)-c2cccc1n2.O=C1Nc2cn(C3CCOCC3)nc2C(=O)NCCSCCCn2cc(cn2)-c2cccc1n2. The van der Waals surface area contributed by atoms with E-state index in [0.717, 1.165) is 138 Å². The number of aryl methyl sites for hydroxylation is 4. The van der Waals surface area contributed by atoms with E-state index in [-0.39, 0.29) is 118 Å². The van der Waals surface area contributed by atoms with Crippen LogP contribution in [-0.2, 0) is 61.0 Å². The Balaban J connectivity index is 0.000000128. The van der Waals surface area contributed by atoms with Crippen molar-refractivity contribution in [2.24, 2.45) is 0 Å². The smallest absolute Gasteiger partial charge is 0.274 e. The van der Waals surface area contributed by atoms with Crippen LogP contribution in [0.15, 0.2) is 147 Å². The van der Waals surface area contributed by atoms with Gasteiger partial charge >= 0.3 is 0 Å². The molecule has 8 aliphatic rings. The minimum Gasteiger partial charge on any atom is -0.381 e. The third-order valence-electron chi connectivity index (χ3n) is 24.5. The second-order valence-corrected chi connectivity index (χ2v) is 39.7. The van der Waals surface area contributed by atoms with Crippen molar-refractivity contribution in [3.8, 4) is 45.0 Å². The van der Waals surface area contributed by atoms with Gasteiger partial charge in [-0.25, -0.2) is 28.4 Å². The minimum atomic E-state index is -3.38. The van der Waals surface area contributed by atoms with Gasteiger partial charge in [0.25, 0.3) is 47.3 Å². The van der Waals surface area contributed by atoms with Gasteiger partial charge in [-0.3, -0.25) is 80.0 Å². The number of pyridine rings is 4. The summed E-state index contributed by atoms with van der Waals surface area (Å²) < 4.78 is 67.9. The van der Waals surface area contributed by atoms with Crippen molar-refractivity contribution < 1.29 is 65.2 Å². The van der Waals surface area contributed by atoms with Gasteiger partial charge in [0.1, 0.15) is 22.8 Å². The summed E-state index contributed by atoms with van der Waals surface area (Å²) in [6.45, 7) is 9.45. The van der Waals surface area contributed by atoms with Crippen molar-refractivity contribution in [3.63, 3.8) is 0 Å². The van der Waals surface area contributed by atoms with Gasteiger partial charge in [0.05, 0.1) is 106 Å². The fraction of sp³-hybridized carbons (Fsp3) is 0.441. The standard InChI is InChI=1S/C24H30N8O2.C23H27N7O5S.C23H27N7O4S.C23H27N7O3S/c33-23-20-7-5-6-19(28-20)17-14-27-31(15-17)13-4-2-1-3-10-26-24(34)22-21(29-23)16-32(30-22)18-8-11-25-12-9-18;31-22-19-4-1-3-18(26-19)16-13-25-29(14-16)8-2-11-36(33,34)12-7-24-23(32)21-20(27-22)15-30(28-21)17-5-9-35-10-6-17;31-22-19-4-1-3-18(26-19)16-13-25-29(14-16)8-2-11-35(33)12-7-24-23(32)21-20(27-22)15-30(28-21)17-5-9-34-10-6-17;31-22-19-4-1-3-18(26-19)16-13-25-29(14-16)8-2-11-34-12-7-24-23(32)21-20(27-22)15-30(28-21)17-5-9-33-10-6-17/h5-7,14-16,18,25H,1-4,8-13H2,(H,26,34)(H,29,33);1,3-4,13-15,17H,2,5-12H2,(H,24,32)(H,27,31);1,3-4,13-15,17H,2,5-12H2,(H,24,32)(H,27,31);1,3-4,13-15,17H,2,5-12H2,(H,24,32)(H,27,31). The Hall–Kier alpha value is -13.7. The molecule has 1 atom stereocenters. The number of thioether (sulfide) groups is 1. The molecule has 8 aliphatic heterocycles. The molecule has 0 spiro atoms. The third-order valence-corrected chi connectivity index (χ3v) is 28.7. The molecule has 4 saturated heterocycles. The Morgan fingerprint density at radius 2 is 0.655 bits per heavy atom. The van der Waals surface area contributed by atoms with Crippen molar-refractivity contribution in [2.45, 2.75) is 147 Å². The van der Waals surface area contributed by atoms with Crippen molar-refractivity contribution >= 4 is 102 Å². The van der Waals surface area contributed by atoms with Gasteiger partial charge in [-0.1, -0.05) is 37.1 Å². The van der Waals surface area contributed by atoms with Gasteiger partial charge in [-0.15, -0.1) is 0 Å². The van der Waals surface area contributed by atoms with E-state index < -0.39 is 50.2 Å². The summed E-state index contributed by atoms with van der Waals surface area (Å²) in [6.07, 6.45) is 33.8. The summed E-state index contributed by atoms with van der Waals surface area (Å²) in [4.78, 5) is 122. The summed E-state index contributed by atoms with van der Waals surface area (Å²) >= 11 is 1.78. The number of hydrogen-bond acceptors (Lipinski definition) is 28. The largest absolute Gasteiger partial charge is 0.381 e. The fourth-order valence-corrected chi connectivity index (χ4v) is 19.9.